The molecule has 0 aromatic rings. The van der Waals surface area contributed by atoms with E-state index in [0.717, 1.165) is 0 Å². The van der Waals surface area contributed by atoms with Gasteiger partial charge in [-0.25, -0.2) is 0 Å². The maximum absolute atomic E-state index is 9.79. The summed E-state index contributed by atoms with van der Waals surface area (Å²) in [4.78, 5) is 9.79. The van der Waals surface area contributed by atoms with Crippen LogP contribution in [-0.4, -0.2) is 11.1 Å². The van der Waals surface area contributed by atoms with Crippen LogP contribution in [0.1, 0.15) is 6.42 Å². The molecule has 64 valence electrons. The van der Waals surface area contributed by atoms with E-state index < -0.39 is 5.97 Å². The lowest BCUT2D eigenvalue weighted by Crippen LogP contribution is -1.88. The first-order valence-corrected chi connectivity index (χ1v) is 3.18. The summed E-state index contributed by atoms with van der Waals surface area (Å²) < 4.78 is 0. The summed E-state index contributed by atoms with van der Waals surface area (Å²) >= 11 is 0. The molecule has 1 N–H and O–H groups in total. The largest absolute Gasteiger partial charge is 0.481 e. The molecule has 0 amide bonds. The summed E-state index contributed by atoms with van der Waals surface area (Å²) in [5.74, 6) is -0.817. The van der Waals surface area contributed by atoms with Crippen LogP contribution in [-0.2, 0) is 4.79 Å². The van der Waals surface area contributed by atoms with Gasteiger partial charge in [-0.15, -0.1) is 0 Å². The Morgan fingerprint density at radius 1 is 1.58 bits per heavy atom. The molecule has 0 aliphatic rings. The standard InChI is InChI=1S/C6H8O2.C3H3N/c1-2-3-4-5-6(7)8;1-2-3-4/h2-4H,1,5H2,(H,7,8);2H,1H2. The van der Waals surface area contributed by atoms with Gasteiger partial charge in [-0.05, 0) is 0 Å². The minimum Gasteiger partial charge on any atom is -0.481 e. The predicted molar refractivity (Wildman–Crippen MR) is 47.4 cm³/mol. The van der Waals surface area contributed by atoms with E-state index in [9.17, 15) is 4.79 Å². The van der Waals surface area contributed by atoms with Gasteiger partial charge in [-0.1, -0.05) is 31.4 Å². The second-order valence-electron chi connectivity index (χ2n) is 1.59. The molecule has 0 aliphatic carbocycles. The SMILES string of the molecule is C=CC#N.C=CC=CCC(=O)O. The molecule has 0 spiro atoms. The summed E-state index contributed by atoms with van der Waals surface area (Å²) in [6, 6.07) is 1.69. The number of carboxylic acids is 1. The van der Waals surface area contributed by atoms with Crippen molar-refractivity contribution in [1.29, 1.82) is 5.26 Å². The highest BCUT2D eigenvalue weighted by Crippen LogP contribution is 1.81. The molecule has 0 saturated heterocycles. The number of rotatable bonds is 3. The van der Waals surface area contributed by atoms with Crippen molar-refractivity contribution < 1.29 is 9.90 Å². The normalized spacial score (nSPS) is 7.58. The molecule has 0 unspecified atom stereocenters. The Kier molecular flexibility index (Phi) is 12.7. The van der Waals surface area contributed by atoms with Crippen LogP contribution in [0, 0.1) is 11.3 Å². The lowest BCUT2D eigenvalue weighted by atomic mass is 10.4. The molecule has 3 heteroatoms. The van der Waals surface area contributed by atoms with Gasteiger partial charge in [0, 0.05) is 6.08 Å². The summed E-state index contributed by atoms with van der Waals surface area (Å²) in [6.07, 6.45) is 5.94. The van der Waals surface area contributed by atoms with E-state index in [1.165, 1.54) is 12.2 Å². The second-order valence-corrected chi connectivity index (χ2v) is 1.59. The van der Waals surface area contributed by atoms with Crippen LogP contribution in [0.2, 0.25) is 0 Å². The van der Waals surface area contributed by atoms with E-state index in [1.54, 1.807) is 18.2 Å². The molecule has 0 aliphatic heterocycles. The van der Waals surface area contributed by atoms with E-state index in [1.807, 2.05) is 0 Å². The molecule has 0 aromatic carbocycles. The molecule has 0 atom stereocenters. The van der Waals surface area contributed by atoms with Crippen LogP contribution in [0.3, 0.4) is 0 Å². The molecule has 0 rings (SSSR count). The van der Waals surface area contributed by atoms with Crippen molar-refractivity contribution in [2.75, 3.05) is 0 Å². The minimum atomic E-state index is -0.817. The van der Waals surface area contributed by atoms with E-state index in [0.29, 0.717) is 0 Å². The van der Waals surface area contributed by atoms with E-state index in [4.69, 9.17) is 10.4 Å². The van der Waals surface area contributed by atoms with Gasteiger partial charge in [0.2, 0.25) is 0 Å². The number of carbonyl (C=O) groups is 1. The number of aliphatic carboxylic acids is 1. The summed E-state index contributed by atoms with van der Waals surface area (Å²) in [6.45, 7) is 6.50. The van der Waals surface area contributed by atoms with Gasteiger partial charge in [0.15, 0.2) is 0 Å². The zero-order valence-electron chi connectivity index (χ0n) is 6.73. The van der Waals surface area contributed by atoms with Crippen LogP contribution in [0.25, 0.3) is 0 Å². The van der Waals surface area contributed by atoms with Crippen molar-refractivity contribution in [3.8, 4) is 6.07 Å². The van der Waals surface area contributed by atoms with Gasteiger partial charge < -0.3 is 5.11 Å². The van der Waals surface area contributed by atoms with Gasteiger partial charge in [0.1, 0.15) is 0 Å². The van der Waals surface area contributed by atoms with Crippen molar-refractivity contribution >= 4 is 5.97 Å². The highest BCUT2D eigenvalue weighted by atomic mass is 16.4. The van der Waals surface area contributed by atoms with Gasteiger partial charge in [0.05, 0.1) is 12.5 Å². The third-order valence-electron chi connectivity index (χ3n) is 0.656. The van der Waals surface area contributed by atoms with Crippen LogP contribution < -0.4 is 0 Å². The topological polar surface area (TPSA) is 61.1 Å². The molecule has 3 nitrogen and oxygen atoms in total. The molecule has 0 bridgehead atoms. The minimum absolute atomic E-state index is 0.0754. The molecular weight excluding hydrogens is 154 g/mol. The fraction of sp³-hybridized carbons (Fsp3) is 0.111. The lowest BCUT2D eigenvalue weighted by molar-refractivity contribution is -0.135. The number of carboxylic acid groups (broad SMARTS) is 1. The molecular formula is C9H11NO2. The number of hydrogen-bond donors (Lipinski definition) is 1. The average Bonchev–Trinajstić information content (AvgIpc) is 2.05. The summed E-state index contributed by atoms with van der Waals surface area (Å²) in [7, 11) is 0. The monoisotopic (exact) mass is 165 g/mol. The second kappa shape index (κ2) is 11.9. The Bertz CT molecular complexity index is 211. The van der Waals surface area contributed by atoms with E-state index in [2.05, 4.69) is 13.2 Å². The van der Waals surface area contributed by atoms with Gasteiger partial charge in [0.25, 0.3) is 0 Å². The highest BCUT2D eigenvalue weighted by molar-refractivity contribution is 5.68. The van der Waals surface area contributed by atoms with Crippen molar-refractivity contribution in [2.24, 2.45) is 0 Å². The van der Waals surface area contributed by atoms with E-state index >= 15 is 0 Å². The van der Waals surface area contributed by atoms with Gasteiger partial charge in [-0.3, -0.25) is 4.79 Å². The van der Waals surface area contributed by atoms with E-state index in [-0.39, 0.29) is 6.42 Å². The number of nitrogens with zero attached hydrogens (tertiary/aromatic N) is 1. The smallest absolute Gasteiger partial charge is 0.307 e. The van der Waals surface area contributed by atoms with Crippen molar-refractivity contribution in [1.82, 2.24) is 0 Å². The molecule has 0 saturated carbocycles. The van der Waals surface area contributed by atoms with Crippen molar-refractivity contribution in [3.05, 3.63) is 37.5 Å². The van der Waals surface area contributed by atoms with Crippen LogP contribution in [0.15, 0.2) is 37.5 Å². The van der Waals surface area contributed by atoms with Crippen molar-refractivity contribution in [3.63, 3.8) is 0 Å². The molecule has 0 radical (unpaired) electrons. The Labute approximate surface area is 71.9 Å². The molecule has 0 fully saturated rings. The zero-order valence-corrected chi connectivity index (χ0v) is 6.73. The maximum atomic E-state index is 9.79. The van der Waals surface area contributed by atoms with Crippen LogP contribution in [0.5, 0.6) is 0 Å². The van der Waals surface area contributed by atoms with Gasteiger partial charge in [-0.2, -0.15) is 5.26 Å². The van der Waals surface area contributed by atoms with Crippen molar-refractivity contribution in [2.45, 2.75) is 6.42 Å². The molecule has 0 heterocycles. The zero-order chi connectivity index (χ0) is 9.82. The lowest BCUT2D eigenvalue weighted by Gasteiger charge is -1.78. The number of allylic oxidation sites excluding steroid dienone is 3. The van der Waals surface area contributed by atoms with Crippen LogP contribution >= 0.6 is 0 Å². The third kappa shape index (κ3) is 24.1. The van der Waals surface area contributed by atoms with Gasteiger partial charge >= 0.3 is 5.97 Å². The Morgan fingerprint density at radius 3 is 2.33 bits per heavy atom. The highest BCUT2D eigenvalue weighted by Gasteiger charge is 1.85. The Hall–Kier alpha value is -1.82. The molecule has 12 heavy (non-hydrogen) atoms. The first-order valence-electron chi connectivity index (χ1n) is 3.18. The first-order chi connectivity index (χ1) is 5.68. The Morgan fingerprint density at radius 2 is 2.08 bits per heavy atom. The summed E-state index contributed by atoms with van der Waals surface area (Å²) in [5, 5.41) is 15.6. The number of hydrogen-bond acceptors (Lipinski definition) is 2. The quantitative estimate of drug-likeness (QED) is 0.513. The maximum Gasteiger partial charge on any atom is 0.307 e. The first kappa shape index (κ1) is 12.8. The Balaban J connectivity index is 0. The van der Waals surface area contributed by atoms with Crippen LogP contribution in [0.4, 0.5) is 0 Å². The molecule has 0 aromatic heterocycles. The predicted octanol–water partition coefficient (Wildman–Crippen LogP) is 1.90. The fourth-order valence-electron chi connectivity index (χ4n) is 0.265. The number of nitriles is 1. The summed E-state index contributed by atoms with van der Waals surface area (Å²) in [5.41, 5.74) is 0. The average molecular weight is 165 g/mol. The third-order valence-corrected chi connectivity index (χ3v) is 0.656. The fourth-order valence-corrected chi connectivity index (χ4v) is 0.265.